The summed E-state index contributed by atoms with van der Waals surface area (Å²) in [5, 5.41) is 3.63. The zero-order chi connectivity index (χ0) is 25.7. The number of nitrogens with one attached hydrogen (secondary N) is 1. The predicted molar refractivity (Wildman–Crippen MR) is 156 cm³/mol. The number of hydrogen-bond donors (Lipinski definition) is 1. The van der Waals surface area contributed by atoms with E-state index >= 15 is 0 Å². The Kier molecular flexibility index (Phi) is 9.25. The number of amides is 1. The largest absolute Gasteiger partial charge is 0.375 e. The summed E-state index contributed by atoms with van der Waals surface area (Å²) in [6.45, 7) is 12.1. The predicted octanol–water partition coefficient (Wildman–Crippen LogP) is 3.41. The molecule has 1 aromatic heterocycles. The number of likely N-dealkylation sites (tertiary alicyclic amines) is 1. The lowest BCUT2D eigenvalue weighted by Crippen LogP contribution is -2.61. The minimum absolute atomic E-state index is 0. The van der Waals surface area contributed by atoms with E-state index in [4.69, 9.17) is 9.72 Å². The van der Waals surface area contributed by atoms with Crippen molar-refractivity contribution in [3.63, 3.8) is 0 Å². The van der Waals surface area contributed by atoms with Gasteiger partial charge in [0.25, 0.3) is 0 Å². The highest BCUT2D eigenvalue weighted by Gasteiger charge is 2.43. The number of ether oxygens (including phenoxy) is 1. The molecule has 3 fully saturated rings. The molecule has 6 rings (SSSR count). The van der Waals surface area contributed by atoms with E-state index in [0.717, 1.165) is 61.7 Å². The van der Waals surface area contributed by atoms with Gasteiger partial charge in [0.05, 0.1) is 30.6 Å². The summed E-state index contributed by atoms with van der Waals surface area (Å²) in [7, 11) is 0. The average molecular weight is 581 g/mol. The minimum atomic E-state index is -0.236. The number of anilines is 1. The lowest BCUT2D eigenvalue weighted by molar-refractivity contribution is -0.121. The fourth-order valence-electron chi connectivity index (χ4n) is 6.57. The number of piperazine rings is 1. The molecular weight excluding hydrogens is 540 g/mol. The van der Waals surface area contributed by atoms with Crippen LogP contribution in [-0.4, -0.2) is 90.8 Å². The number of pyridine rings is 1. The number of carbonyl (C=O) groups is 1. The zero-order valence-electron chi connectivity index (χ0n) is 22.9. The van der Waals surface area contributed by atoms with Crippen LogP contribution in [0.5, 0.6) is 0 Å². The molecule has 39 heavy (non-hydrogen) atoms. The van der Waals surface area contributed by atoms with Crippen molar-refractivity contribution >= 4 is 36.4 Å². The molecule has 4 aliphatic heterocycles. The molecule has 4 atom stereocenters. The maximum absolute atomic E-state index is 13.8. The molecule has 0 aliphatic carbocycles. The van der Waals surface area contributed by atoms with E-state index in [2.05, 4.69) is 42.0 Å². The second kappa shape index (κ2) is 12.0. The van der Waals surface area contributed by atoms with E-state index in [-0.39, 0.29) is 42.0 Å². The Labute approximate surface area is 243 Å². The summed E-state index contributed by atoms with van der Waals surface area (Å²) in [4.78, 5) is 25.6. The molecule has 3 saturated heterocycles. The van der Waals surface area contributed by atoms with Gasteiger partial charge in [0.2, 0.25) is 5.91 Å². The van der Waals surface area contributed by atoms with Crippen molar-refractivity contribution in [2.24, 2.45) is 0 Å². The maximum Gasteiger partial charge on any atom is 0.241 e. The third-order valence-corrected chi connectivity index (χ3v) is 8.56. The molecule has 4 aliphatic rings. The molecule has 214 valence electrons. The summed E-state index contributed by atoms with van der Waals surface area (Å²) in [6.07, 6.45) is 4.08. The fraction of sp³-hybridized carbons (Fsp3) is 0.586. The SMILES string of the molecule is C[C@@H]1CN(CC(=O)N2CC(C)(C)c3ncc(Cc4ccc(F)cc4)cc32)[C@@H](CN2CC3CC2CO3)CN1.Cl.Cl. The standard InChI is InChI=1S/C29H38FN5O2.2ClH/c1-19-13-33(24(12-31-19)14-34-15-25-10-23(34)17-37-25)16-27(36)35-18-29(2,3)28-26(35)9-21(11-32-28)8-20-4-6-22(30)7-5-20;;/h4-7,9,11,19,23-25,31H,8,10,12-18H2,1-3H3;2*1H/t19-,23?,24-,25?;;/m1../s1. The van der Waals surface area contributed by atoms with Crippen molar-refractivity contribution < 1.29 is 13.9 Å². The van der Waals surface area contributed by atoms with Crippen molar-refractivity contribution in [3.05, 3.63) is 59.2 Å². The van der Waals surface area contributed by atoms with Gasteiger partial charge >= 0.3 is 0 Å². The second-order valence-corrected chi connectivity index (χ2v) is 12.1. The highest BCUT2D eigenvalue weighted by atomic mass is 35.5. The first-order chi connectivity index (χ1) is 17.7. The number of aromatic nitrogens is 1. The van der Waals surface area contributed by atoms with Crippen LogP contribution in [-0.2, 0) is 21.4 Å². The smallest absolute Gasteiger partial charge is 0.241 e. The van der Waals surface area contributed by atoms with Gasteiger partial charge in [-0.2, -0.15) is 0 Å². The van der Waals surface area contributed by atoms with Crippen LogP contribution in [0.25, 0.3) is 0 Å². The van der Waals surface area contributed by atoms with Gasteiger partial charge in [-0.05, 0) is 49.1 Å². The molecule has 10 heteroatoms. The fourth-order valence-corrected chi connectivity index (χ4v) is 6.57. The zero-order valence-corrected chi connectivity index (χ0v) is 24.6. The number of nitrogens with zero attached hydrogens (tertiary/aromatic N) is 4. The van der Waals surface area contributed by atoms with Gasteiger partial charge in [-0.3, -0.25) is 19.6 Å². The van der Waals surface area contributed by atoms with Crippen LogP contribution in [0.1, 0.15) is 44.0 Å². The minimum Gasteiger partial charge on any atom is -0.375 e. The quantitative estimate of drug-likeness (QED) is 0.566. The highest BCUT2D eigenvalue weighted by molar-refractivity contribution is 5.97. The number of benzene rings is 1. The van der Waals surface area contributed by atoms with Crippen LogP contribution < -0.4 is 10.2 Å². The number of carbonyl (C=O) groups excluding carboxylic acids is 1. The first-order valence-electron chi connectivity index (χ1n) is 13.6. The Balaban J connectivity index is 0.00000176. The first kappa shape index (κ1) is 30.2. The molecule has 2 unspecified atom stereocenters. The monoisotopic (exact) mass is 579 g/mol. The summed E-state index contributed by atoms with van der Waals surface area (Å²) in [5.41, 5.74) is 3.74. The van der Waals surface area contributed by atoms with Gasteiger partial charge < -0.3 is 15.0 Å². The Bertz CT molecular complexity index is 1170. The topological polar surface area (TPSA) is 60.9 Å². The molecule has 2 bridgehead atoms. The van der Waals surface area contributed by atoms with E-state index < -0.39 is 0 Å². The average Bonchev–Trinajstić information content (AvgIpc) is 3.55. The molecule has 1 aromatic carbocycles. The summed E-state index contributed by atoms with van der Waals surface area (Å²) in [5.74, 6) is -0.0987. The number of fused-ring (bicyclic) bond motifs is 3. The maximum atomic E-state index is 13.8. The number of halogens is 3. The van der Waals surface area contributed by atoms with Gasteiger partial charge in [0.1, 0.15) is 5.82 Å². The lowest BCUT2D eigenvalue weighted by atomic mass is 9.91. The van der Waals surface area contributed by atoms with Crippen LogP contribution in [0.2, 0.25) is 0 Å². The Morgan fingerprint density at radius 2 is 1.92 bits per heavy atom. The van der Waals surface area contributed by atoms with E-state index in [1.807, 2.05) is 11.1 Å². The van der Waals surface area contributed by atoms with Crippen molar-refractivity contribution in [2.75, 3.05) is 50.8 Å². The van der Waals surface area contributed by atoms with Crippen LogP contribution in [0.15, 0.2) is 36.5 Å². The Morgan fingerprint density at radius 1 is 1.15 bits per heavy atom. The van der Waals surface area contributed by atoms with Gasteiger partial charge in [-0.25, -0.2) is 4.39 Å². The Morgan fingerprint density at radius 3 is 2.62 bits per heavy atom. The van der Waals surface area contributed by atoms with Gasteiger partial charge in [0.15, 0.2) is 0 Å². The van der Waals surface area contributed by atoms with Crippen molar-refractivity contribution in [1.29, 1.82) is 0 Å². The third-order valence-electron chi connectivity index (χ3n) is 8.56. The normalized spacial score (nSPS) is 27.6. The summed E-state index contributed by atoms with van der Waals surface area (Å²) < 4.78 is 19.2. The van der Waals surface area contributed by atoms with Crippen molar-refractivity contribution in [1.82, 2.24) is 20.1 Å². The Hall–Kier alpha value is -1.81. The van der Waals surface area contributed by atoms with Crippen molar-refractivity contribution in [3.8, 4) is 0 Å². The molecular formula is C29H40Cl2FN5O2. The van der Waals surface area contributed by atoms with E-state index in [1.165, 1.54) is 12.1 Å². The van der Waals surface area contributed by atoms with E-state index in [0.29, 0.717) is 43.7 Å². The second-order valence-electron chi connectivity index (χ2n) is 12.1. The molecule has 0 spiro atoms. The van der Waals surface area contributed by atoms with Crippen LogP contribution in [0.4, 0.5) is 10.1 Å². The molecule has 7 nitrogen and oxygen atoms in total. The van der Waals surface area contributed by atoms with Crippen LogP contribution >= 0.6 is 24.8 Å². The summed E-state index contributed by atoms with van der Waals surface area (Å²) in [6, 6.07) is 9.88. The first-order valence-corrected chi connectivity index (χ1v) is 13.6. The molecule has 1 amide bonds. The third kappa shape index (κ3) is 6.26. The van der Waals surface area contributed by atoms with Crippen LogP contribution in [0, 0.1) is 5.82 Å². The highest BCUT2D eigenvalue weighted by Crippen LogP contribution is 2.40. The van der Waals surface area contributed by atoms with Crippen molar-refractivity contribution in [2.45, 2.75) is 63.3 Å². The van der Waals surface area contributed by atoms with Gasteiger partial charge in [-0.15, -0.1) is 24.8 Å². The summed E-state index contributed by atoms with van der Waals surface area (Å²) >= 11 is 0. The van der Waals surface area contributed by atoms with Gasteiger partial charge in [-0.1, -0.05) is 26.0 Å². The van der Waals surface area contributed by atoms with Crippen LogP contribution in [0.3, 0.4) is 0 Å². The molecule has 5 heterocycles. The van der Waals surface area contributed by atoms with Gasteiger partial charge in [0, 0.05) is 62.5 Å². The van der Waals surface area contributed by atoms with E-state index in [9.17, 15) is 9.18 Å². The number of morpholine rings is 1. The lowest BCUT2D eigenvalue weighted by Gasteiger charge is -2.42. The molecule has 1 N–H and O–H groups in total. The molecule has 0 radical (unpaired) electrons. The van der Waals surface area contributed by atoms with E-state index in [1.54, 1.807) is 12.1 Å². The molecule has 0 saturated carbocycles. The number of rotatable bonds is 6. The number of hydrogen-bond acceptors (Lipinski definition) is 6. The molecule has 2 aromatic rings.